The lowest BCUT2D eigenvalue weighted by Crippen LogP contribution is -2.13. The van der Waals surface area contributed by atoms with E-state index in [9.17, 15) is 8.42 Å². The van der Waals surface area contributed by atoms with Crippen molar-refractivity contribution in [3.63, 3.8) is 0 Å². The van der Waals surface area contributed by atoms with E-state index in [-0.39, 0.29) is 4.90 Å². The summed E-state index contributed by atoms with van der Waals surface area (Å²) >= 11 is 5.99. The number of benzene rings is 2. The van der Waals surface area contributed by atoms with E-state index in [2.05, 4.69) is 4.72 Å². The smallest absolute Gasteiger partial charge is 0.261 e. The van der Waals surface area contributed by atoms with Gasteiger partial charge < -0.3 is 9.47 Å². The van der Waals surface area contributed by atoms with E-state index < -0.39 is 10.0 Å². The minimum Gasteiger partial charge on any atom is -0.496 e. The molecule has 0 aromatic heterocycles. The fourth-order valence-electron chi connectivity index (χ4n) is 1.96. The third kappa shape index (κ3) is 3.45. The maximum Gasteiger partial charge on any atom is 0.261 e. The lowest BCUT2D eigenvalue weighted by molar-refractivity contribution is 0.411. The molecule has 0 radical (unpaired) electrons. The maximum atomic E-state index is 12.4. The number of ether oxygens (including phenoxy) is 2. The summed E-state index contributed by atoms with van der Waals surface area (Å²) in [5.41, 5.74) is 1.09. The van der Waals surface area contributed by atoms with Crippen molar-refractivity contribution in [3.05, 3.63) is 47.0 Å². The Hall–Kier alpha value is -1.92. The Morgan fingerprint density at radius 1 is 1.00 bits per heavy atom. The first-order valence-electron chi connectivity index (χ1n) is 6.38. The average Bonchev–Trinajstić information content (AvgIpc) is 2.47. The molecule has 2 aromatic rings. The monoisotopic (exact) mass is 341 g/mol. The molecule has 0 aliphatic heterocycles. The molecule has 1 N–H and O–H groups in total. The SMILES string of the molecule is COc1ccc(S(=O)(=O)Nc2ccc(OC)c(Cl)c2)cc1C. The van der Waals surface area contributed by atoms with Gasteiger partial charge in [-0.3, -0.25) is 4.72 Å². The largest absolute Gasteiger partial charge is 0.496 e. The summed E-state index contributed by atoms with van der Waals surface area (Å²) in [5.74, 6) is 1.11. The van der Waals surface area contributed by atoms with E-state index in [0.717, 1.165) is 5.56 Å². The van der Waals surface area contributed by atoms with Gasteiger partial charge in [0, 0.05) is 0 Å². The first kappa shape index (κ1) is 16.5. The van der Waals surface area contributed by atoms with Crippen molar-refractivity contribution in [1.82, 2.24) is 0 Å². The van der Waals surface area contributed by atoms with Crippen molar-refractivity contribution in [2.75, 3.05) is 18.9 Å². The fraction of sp³-hybridized carbons (Fsp3) is 0.200. The molecule has 0 saturated carbocycles. The molecule has 0 fully saturated rings. The lowest BCUT2D eigenvalue weighted by atomic mass is 10.2. The van der Waals surface area contributed by atoms with Gasteiger partial charge in [0.05, 0.1) is 29.8 Å². The molecule has 2 rings (SSSR count). The Morgan fingerprint density at radius 2 is 1.64 bits per heavy atom. The van der Waals surface area contributed by atoms with Crippen LogP contribution in [0.5, 0.6) is 11.5 Å². The zero-order valence-corrected chi connectivity index (χ0v) is 14.0. The molecule has 0 bridgehead atoms. The van der Waals surface area contributed by atoms with E-state index in [1.54, 1.807) is 31.2 Å². The van der Waals surface area contributed by atoms with Gasteiger partial charge in [-0.15, -0.1) is 0 Å². The molecular formula is C15H16ClNO4S. The van der Waals surface area contributed by atoms with Crippen LogP contribution >= 0.6 is 11.6 Å². The summed E-state index contributed by atoms with van der Waals surface area (Å²) in [4.78, 5) is 0.151. The second-order valence-electron chi connectivity index (χ2n) is 4.59. The van der Waals surface area contributed by atoms with Crippen LogP contribution in [0, 0.1) is 6.92 Å². The Morgan fingerprint density at radius 3 is 2.18 bits per heavy atom. The zero-order valence-electron chi connectivity index (χ0n) is 12.4. The molecule has 0 aliphatic carbocycles. The van der Waals surface area contributed by atoms with E-state index in [1.165, 1.54) is 26.4 Å². The number of anilines is 1. The highest BCUT2D eigenvalue weighted by molar-refractivity contribution is 7.92. The van der Waals surface area contributed by atoms with Gasteiger partial charge in [0.15, 0.2) is 0 Å². The first-order valence-corrected chi connectivity index (χ1v) is 8.24. The third-order valence-corrected chi connectivity index (χ3v) is 4.75. The van der Waals surface area contributed by atoms with Gasteiger partial charge in [-0.25, -0.2) is 8.42 Å². The van der Waals surface area contributed by atoms with Crippen LogP contribution in [0.4, 0.5) is 5.69 Å². The molecule has 0 amide bonds. The number of methoxy groups -OCH3 is 2. The third-order valence-electron chi connectivity index (χ3n) is 3.08. The highest BCUT2D eigenvalue weighted by Crippen LogP contribution is 2.29. The van der Waals surface area contributed by atoms with Crippen LogP contribution < -0.4 is 14.2 Å². The van der Waals surface area contributed by atoms with Gasteiger partial charge in [-0.2, -0.15) is 0 Å². The minimum atomic E-state index is -3.70. The van der Waals surface area contributed by atoms with E-state index in [1.807, 2.05) is 0 Å². The second kappa shape index (κ2) is 6.46. The highest BCUT2D eigenvalue weighted by atomic mass is 35.5. The number of halogens is 1. The summed E-state index contributed by atoms with van der Waals surface area (Å²) in [7, 11) is -0.675. The van der Waals surface area contributed by atoms with Gasteiger partial charge in [0.2, 0.25) is 0 Å². The van der Waals surface area contributed by atoms with E-state index >= 15 is 0 Å². The quantitative estimate of drug-likeness (QED) is 0.904. The molecule has 0 saturated heterocycles. The Balaban J connectivity index is 2.31. The molecule has 5 nitrogen and oxygen atoms in total. The van der Waals surface area contributed by atoms with Gasteiger partial charge in [0.1, 0.15) is 11.5 Å². The van der Waals surface area contributed by atoms with Crippen molar-refractivity contribution in [2.45, 2.75) is 11.8 Å². The molecule has 0 unspecified atom stereocenters. The fourth-order valence-corrected chi connectivity index (χ4v) is 3.35. The summed E-state index contributed by atoms with van der Waals surface area (Å²) < 4.78 is 37.4. The molecule has 22 heavy (non-hydrogen) atoms. The van der Waals surface area contributed by atoms with Gasteiger partial charge in [0.25, 0.3) is 10.0 Å². The van der Waals surface area contributed by atoms with Crippen LogP contribution in [0.1, 0.15) is 5.56 Å². The number of nitrogens with one attached hydrogen (secondary N) is 1. The molecule has 2 aromatic carbocycles. The molecule has 0 atom stereocenters. The van der Waals surface area contributed by atoms with Crippen molar-refractivity contribution in [3.8, 4) is 11.5 Å². The van der Waals surface area contributed by atoms with Crippen LogP contribution in [0.15, 0.2) is 41.3 Å². The Bertz CT molecular complexity index is 790. The van der Waals surface area contributed by atoms with Crippen LogP contribution in [0.3, 0.4) is 0 Å². The molecule has 0 aliphatic rings. The predicted molar refractivity (Wildman–Crippen MR) is 86.5 cm³/mol. The topological polar surface area (TPSA) is 64.6 Å². The maximum absolute atomic E-state index is 12.4. The molecular weight excluding hydrogens is 326 g/mol. The number of hydrogen-bond donors (Lipinski definition) is 1. The number of rotatable bonds is 5. The predicted octanol–water partition coefficient (Wildman–Crippen LogP) is 3.47. The Labute approximate surface area is 134 Å². The van der Waals surface area contributed by atoms with Gasteiger partial charge >= 0.3 is 0 Å². The van der Waals surface area contributed by atoms with Crippen LogP contribution in [-0.2, 0) is 10.0 Å². The number of sulfonamides is 1. The average molecular weight is 342 g/mol. The minimum absolute atomic E-state index is 0.151. The molecule has 0 spiro atoms. The standard InChI is InChI=1S/C15H16ClNO4S/c1-10-8-12(5-7-14(10)20-2)22(18,19)17-11-4-6-15(21-3)13(16)9-11/h4-9,17H,1-3H3. The Kier molecular flexibility index (Phi) is 4.83. The number of aryl methyl sites for hydroxylation is 1. The summed E-state index contributed by atoms with van der Waals surface area (Å²) in [5, 5.41) is 0.327. The first-order chi connectivity index (χ1) is 10.4. The zero-order chi connectivity index (χ0) is 16.3. The van der Waals surface area contributed by atoms with Crippen LogP contribution in [0.25, 0.3) is 0 Å². The molecule has 7 heteroatoms. The summed E-state index contributed by atoms with van der Waals surface area (Å²) in [6.07, 6.45) is 0. The van der Waals surface area contributed by atoms with Crippen LogP contribution in [0.2, 0.25) is 5.02 Å². The van der Waals surface area contributed by atoms with Crippen LogP contribution in [-0.4, -0.2) is 22.6 Å². The van der Waals surface area contributed by atoms with Gasteiger partial charge in [-0.1, -0.05) is 11.6 Å². The lowest BCUT2D eigenvalue weighted by Gasteiger charge is -2.11. The van der Waals surface area contributed by atoms with E-state index in [0.29, 0.717) is 22.2 Å². The molecule has 0 heterocycles. The van der Waals surface area contributed by atoms with Crippen molar-refractivity contribution >= 4 is 27.3 Å². The molecule has 118 valence electrons. The second-order valence-corrected chi connectivity index (χ2v) is 6.68. The normalized spacial score (nSPS) is 11.1. The van der Waals surface area contributed by atoms with Crippen molar-refractivity contribution in [1.29, 1.82) is 0 Å². The number of hydrogen-bond acceptors (Lipinski definition) is 4. The van der Waals surface area contributed by atoms with E-state index in [4.69, 9.17) is 21.1 Å². The van der Waals surface area contributed by atoms with Crippen molar-refractivity contribution in [2.24, 2.45) is 0 Å². The van der Waals surface area contributed by atoms with Crippen molar-refractivity contribution < 1.29 is 17.9 Å². The summed E-state index contributed by atoms with van der Waals surface area (Å²) in [6, 6.07) is 9.32. The van der Waals surface area contributed by atoms with Gasteiger partial charge in [-0.05, 0) is 48.9 Å². The summed E-state index contributed by atoms with van der Waals surface area (Å²) in [6.45, 7) is 1.78. The highest BCUT2D eigenvalue weighted by Gasteiger charge is 2.16.